The van der Waals surface area contributed by atoms with E-state index >= 15 is 0 Å². The topological polar surface area (TPSA) is 309 Å². The summed E-state index contributed by atoms with van der Waals surface area (Å²) in [6.45, 7) is 10.0. The van der Waals surface area contributed by atoms with Crippen molar-refractivity contribution in [2.45, 2.75) is 308 Å². The highest BCUT2D eigenvalue weighted by Crippen LogP contribution is 2.19. The molecule has 0 aromatic carbocycles. The van der Waals surface area contributed by atoms with Gasteiger partial charge in [-0.05, 0) is 103 Å². The molecule has 2 aromatic heterocycles. The monoisotopic (exact) mass is 1210 g/mol. The van der Waals surface area contributed by atoms with Crippen LogP contribution in [-0.4, -0.2) is 135 Å². The molecule has 0 fully saturated rings. The number of H-pyrrole nitrogens is 2. The predicted octanol–water partition coefficient (Wildman–Crippen LogP) is 10.8. The summed E-state index contributed by atoms with van der Waals surface area (Å²) in [5.74, 6) is -1.90. The first kappa shape index (κ1) is 77.0. The van der Waals surface area contributed by atoms with Gasteiger partial charge in [0.2, 0.25) is 17.7 Å². The number of amides is 3. The van der Waals surface area contributed by atoms with Gasteiger partial charge >= 0.3 is 11.9 Å². The number of aliphatic hydroxyl groups is 1. The summed E-state index contributed by atoms with van der Waals surface area (Å²) in [5, 5.41) is 30.2. The second-order valence-electron chi connectivity index (χ2n) is 24.1. The molecule has 494 valence electrons. The van der Waals surface area contributed by atoms with Gasteiger partial charge in [0.05, 0.1) is 31.4 Å². The molecule has 0 aliphatic rings. The number of aromatic nitrogens is 4. The minimum Gasteiger partial charge on any atom is -0.466 e. The summed E-state index contributed by atoms with van der Waals surface area (Å²) in [6, 6.07) is -3.01. The van der Waals surface area contributed by atoms with Gasteiger partial charge in [-0.1, -0.05) is 162 Å². The standard InChI is InChI=1S/C66H122N12O8/c1-4-7-10-13-16-17-18-24-34-46-85-61(80)40-29-25-33-45-78(44-32-23-19-22-28-41-62(81)86-57(37-26-20-14-11-8-5-2)38-27-21-15-12-9-6-3)51-56(79)36-30-31-42-72-64(83)59(39-35-43-73-66(68)69)76-65(84)60(48-55-50-71-53-75-55)77-63(82)58(67)47-54-49-70-52-74-54/h49-50,52-53,56-60,79H,4-48,51,67H2,1-3H3,(H,70,74)(H,71,75)(H,72,83)(H,76,84)(H,77,82)(H4,68,69,73)/t56?,58-,59+,60+/m1/s1. The van der Waals surface area contributed by atoms with Gasteiger partial charge in [0.25, 0.3) is 0 Å². The SMILES string of the molecule is CCCCCCCCCCCOC(=O)CCCCCN(CCCCCCCC(=O)OC(CCCCCCCC)CCCCCCCC)CC(O)CCCCNC(=O)[C@H](CCCNC(=N)N)NC(=O)[C@H](Cc1cnc[nH]1)NC(=O)[C@H](N)Cc1cnc[nH]1. The number of unbranched alkanes of at least 4 members (excludes halogenated alkanes) is 25. The first-order valence-electron chi connectivity index (χ1n) is 34.3. The number of hydrogen-bond donors (Lipinski definition) is 10. The smallest absolute Gasteiger partial charge is 0.306 e. The maximum atomic E-state index is 13.9. The number of aromatic amines is 2. The van der Waals surface area contributed by atoms with Gasteiger partial charge in [-0.25, -0.2) is 9.97 Å². The van der Waals surface area contributed by atoms with E-state index in [0.717, 1.165) is 103 Å². The highest BCUT2D eigenvalue weighted by Gasteiger charge is 2.29. The lowest BCUT2D eigenvalue weighted by atomic mass is 10.0. The summed E-state index contributed by atoms with van der Waals surface area (Å²) in [5.41, 5.74) is 13.0. The second-order valence-corrected chi connectivity index (χ2v) is 24.1. The van der Waals surface area contributed by atoms with Gasteiger partial charge in [0.1, 0.15) is 18.2 Å². The van der Waals surface area contributed by atoms with Crippen molar-refractivity contribution in [3.8, 4) is 0 Å². The number of nitrogens with two attached hydrogens (primary N) is 2. The third-order valence-electron chi connectivity index (χ3n) is 16.1. The number of hydrogen-bond acceptors (Lipinski definition) is 13. The van der Waals surface area contributed by atoms with Gasteiger partial charge in [-0.15, -0.1) is 0 Å². The molecule has 4 atom stereocenters. The molecule has 0 bridgehead atoms. The van der Waals surface area contributed by atoms with E-state index in [-0.39, 0.29) is 43.3 Å². The number of nitrogens with zero attached hydrogens (tertiary/aromatic N) is 3. The van der Waals surface area contributed by atoms with Crippen molar-refractivity contribution < 1.29 is 38.6 Å². The van der Waals surface area contributed by atoms with Crippen molar-refractivity contribution in [2.75, 3.05) is 39.3 Å². The minimum absolute atomic E-state index is 0.0373. The summed E-state index contributed by atoms with van der Waals surface area (Å²) in [6.07, 6.45) is 44.3. The molecule has 0 saturated heterocycles. The Kier molecular flexibility index (Phi) is 47.5. The van der Waals surface area contributed by atoms with E-state index in [1.165, 1.54) is 122 Å². The number of rotatable bonds is 59. The molecule has 3 amide bonds. The van der Waals surface area contributed by atoms with Crippen LogP contribution in [0.5, 0.6) is 0 Å². The lowest BCUT2D eigenvalue weighted by Gasteiger charge is -2.25. The van der Waals surface area contributed by atoms with Crippen LogP contribution in [0.25, 0.3) is 0 Å². The highest BCUT2D eigenvalue weighted by molar-refractivity contribution is 5.93. The molecule has 1 unspecified atom stereocenters. The number of nitrogens with one attached hydrogen (secondary N) is 7. The number of ether oxygens (including phenoxy) is 2. The molecule has 0 aliphatic heterocycles. The van der Waals surface area contributed by atoms with Crippen molar-refractivity contribution in [3.63, 3.8) is 0 Å². The van der Waals surface area contributed by atoms with E-state index in [1.807, 2.05) is 0 Å². The zero-order chi connectivity index (χ0) is 62.5. The average Bonchev–Trinajstić information content (AvgIpc) is 4.30. The molecular weight excluding hydrogens is 1090 g/mol. The van der Waals surface area contributed by atoms with Crippen LogP contribution in [0, 0.1) is 5.41 Å². The molecule has 20 nitrogen and oxygen atoms in total. The third-order valence-corrected chi connectivity index (χ3v) is 16.1. The summed E-state index contributed by atoms with van der Waals surface area (Å²) >= 11 is 0. The molecule has 20 heteroatoms. The molecule has 2 aromatic rings. The van der Waals surface area contributed by atoms with Crippen molar-refractivity contribution in [2.24, 2.45) is 11.5 Å². The van der Waals surface area contributed by atoms with Crippen LogP contribution in [0.1, 0.15) is 276 Å². The van der Waals surface area contributed by atoms with Crippen LogP contribution < -0.4 is 32.7 Å². The number of carbonyl (C=O) groups excluding carboxylic acids is 5. The van der Waals surface area contributed by atoms with Crippen molar-refractivity contribution in [3.05, 3.63) is 36.4 Å². The number of esters is 2. The van der Waals surface area contributed by atoms with Gasteiger partial charge in [0.15, 0.2) is 5.96 Å². The highest BCUT2D eigenvalue weighted by atomic mass is 16.5. The molecule has 2 rings (SSSR count). The number of aliphatic hydroxyl groups excluding tert-OH is 1. The Labute approximate surface area is 518 Å². The van der Waals surface area contributed by atoms with Gasteiger partial charge in [-0.2, -0.15) is 0 Å². The molecule has 0 saturated carbocycles. The van der Waals surface area contributed by atoms with Crippen LogP contribution in [-0.2, 0) is 46.3 Å². The quantitative estimate of drug-likeness (QED) is 0.0128. The maximum absolute atomic E-state index is 13.9. The summed E-state index contributed by atoms with van der Waals surface area (Å²) in [7, 11) is 0. The van der Waals surface area contributed by atoms with E-state index in [0.29, 0.717) is 76.2 Å². The Morgan fingerprint density at radius 1 is 0.547 bits per heavy atom. The number of guanidine groups is 1. The Bertz CT molecular complexity index is 1960. The lowest BCUT2D eigenvalue weighted by Crippen LogP contribution is -2.56. The van der Waals surface area contributed by atoms with E-state index in [1.54, 1.807) is 12.4 Å². The van der Waals surface area contributed by atoms with Crippen molar-refractivity contribution in [1.82, 2.24) is 46.1 Å². The predicted molar refractivity (Wildman–Crippen MR) is 345 cm³/mol. The Hall–Kier alpha value is -5.08. The Morgan fingerprint density at radius 2 is 1.02 bits per heavy atom. The molecule has 0 spiro atoms. The van der Waals surface area contributed by atoms with E-state index in [2.05, 4.69) is 66.9 Å². The van der Waals surface area contributed by atoms with Gasteiger partial charge in [-0.3, -0.25) is 29.4 Å². The van der Waals surface area contributed by atoms with Crippen molar-refractivity contribution in [1.29, 1.82) is 5.41 Å². The van der Waals surface area contributed by atoms with Crippen LogP contribution in [0.4, 0.5) is 0 Å². The largest absolute Gasteiger partial charge is 0.466 e. The second kappa shape index (κ2) is 53.0. The first-order valence-corrected chi connectivity index (χ1v) is 34.3. The first-order chi connectivity index (χ1) is 41.8. The third kappa shape index (κ3) is 42.7. The Morgan fingerprint density at radius 3 is 1.58 bits per heavy atom. The Balaban J connectivity index is 1.92. The minimum atomic E-state index is -1.08. The summed E-state index contributed by atoms with van der Waals surface area (Å²) in [4.78, 5) is 82.7. The van der Waals surface area contributed by atoms with Crippen LogP contribution in [0.2, 0.25) is 0 Å². The zero-order valence-corrected chi connectivity index (χ0v) is 54.0. The number of imidazole rings is 2. The van der Waals surface area contributed by atoms with E-state index < -0.39 is 42.0 Å². The normalized spacial score (nSPS) is 12.9. The van der Waals surface area contributed by atoms with Crippen LogP contribution >= 0.6 is 0 Å². The average molecular weight is 1210 g/mol. The molecule has 86 heavy (non-hydrogen) atoms. The maximum Gasteiger partial charge on any atom is 0.306 e. The fourth-order valence-corrected chi connectivity index (χ4v) is 10.8. The summed E-state index contributed by atoms with van der Waals surface area (Å²) < 4.78 is 11.7. The molecular formula is C66H122N12O8. The fraction of sp³-hybridized carbons (Fsp3) is 0.818. The van der Waals surface area contributed by atoms with E-state index in [9.17, 15) is 29.1 Å². The van der Waals surface area contributed by atoms with E-state index in [4.69, 9.17) is 26.4 Å². The molecule has 0 radical (unpaired) electrons. The zero-order valence-electron chi connectivity index (χ0n) is 54.0. The van der Waals surface area contributed by atoms with Crippen LogP contribution in [0.3, 0.4) is 0 Å². The molecule has 2 heterocycles. The molecule has 0 aliphatic carbocycles. The number of carbonyl (C=O) groups is 5. The fourth-order valence-electron chi connectivity index (χ4n) is 10.8. The van der Waals surface area contributed by atoms with Gasteiger partial charge < -0.3 is 62.2 Å². The van der Waals surface area contributed by atoms with Crippen LogP contribution in [0.15, 0.2) is 25.0 Å². The molecule has 12 N–H and O–H groups in total. The lowest BCUT2D eigenvalue weighted by molar-refractivity contribution is -0.150. The van der Waals surface area contributed by atoms with Gasteiger partial charge in [0, 0.05) is 69.1 Å². The van der Waals surface area contributed by atoms with Crippen molar-refractivity contribution >= 4 is 35.6 Å².